The molecule has 7 nitrogen and oxygen atoms in total. The van der Waals surface area contributed by atoms with Crippen LogP contribution in [0.5, 0.6) is 5.88 Å². The second kappa shape index (κ2) is 10.3. The van der Waals surface area contributed by atoms with Crippen LogP contribution in [0.15, 0.2) is 48.7 Å². The second-order valence-corrected chi connectivity index (χ2v) is 6.77. The first kappa shape index (κ1) is 19.7. The van der Waals surface area contributed by atoms with Crippen LogP contribution in [0.2, 0.25) is 0 Å². The fourth-order valence-corrected chi connectivity index (χ4v) is 3.10. The lowest BCUT2D eigenvalue weighted by molar-refractivity contribution is -0.121. The van der Waals surface area contributed by atoms with Gasteiger partial charge in [-0.2, -0.15) is 0 Å². The van der Waals surface area contributed by atoms with Crippen molar-refractivity contribution in [1.29, 1.82) is 0 Å². The van der Waals surface area contributed by atoms with Gasteiger partial charge in [0.25, 0.3) is 0 Å². The van der Waals surface area contributed by atoms with Gasteiger partial charge in [0.05, 0.1) is 0 Å². The number of amides is 3. The van der Waals surface area contributed by atoms with E-state index in [1.807, 2.05) is 30.3 Å². The number of aromatic nitrogens is 1. The van der Waals surface area contributed by atoms with Gasteiger partial charge in [-0.1, -0.05) is 24.3 Å². The highest BCUT2D eigenvalue weighted by Crippen LogP contribution is 2.24. The van der Waals surface area contributed by atoms with Crippen LogP contribution in [0.4, 0.5) is 10.5 Å². The SMILES string of the molecule is O=C(CCNC(=O)Nc1ccccc1)NCc1cccnc1OC1CCCC1. The van der Waals surface area contributed by atoms with E-state index in [9.17, 15) is 9.59 Å². The highest BCUT2D eigenvalue weighted by atomic mass is 16.5. The summed E-state index contributed by atoms with van der Waals surface area (Å²) in [5.74, 6) is 0.450. The molecule has 1 fully saturated rings. The first-order valence-corrected chi connectivity index (χ1v) is 9.68. The Kier molecular flexibility index (Phi) is 7.23. The molecule has 0 unspecified atom stereocenters. The average molecular weight is 382 g/mol. The topological polar surface area (TPSA) is 92.4 Å². The molecule has 1 aromatic heterocycles. The number of para-hydroxylation sites is 1. The van der Waals surface area contributed by atoms with E-state index in [1.165, 1.54) is 12.8 Å². The number of anilines is 1. The molecule has 148 valence electrons. The van der Waals surface area contributed by atoms with Crippen LogP contribution in [-0.4, -0.2) is 29.6 Å². The molecule has 1 heterocycles. The highest BCUT2D eigenvalue weighted by molar-refractivity contribution is 5.89. The molecule has 3 rings (SSSR count). The summed E-state index contributed by atoms with van der Waals surface area (Å²) >= 11 is 0. The van der Waals surface area contributed by atoms with Crippen LogP contribution in [0.3, 0.4) is 0 Å². The minimum atomic E-state index is -0.335. The molecule has 3 N–H and O–H groups in total. The van der Waals surface area contributed by atoms with E-state index in [2.05, 4.69) is 20.9 Å². The Morgan fingerprint density at radius 3 is 2.61 bits per heavy atom. The van der Waals surface area contributed by atoms with Gasteiger partial charge in [-0.3, -0.25) is 4.79 Å². The summed E-state index contributed by atoms with van der Waals surface area (Å²) in [4.78, 5) is 28.2. The lowest BCUT2D eigenvalue weighted by Gasteiger charge is -2.15. The third-order valence-corrected chi connectivity index (χ3v) is 4.58. The number of benzene rings is 1. The number of hydrogen-bond acceptors (Lipinski definition) is 4. The van der Waals surface area contributed by atoms with Crippen molar-refractivity contribution in [3.63, 3.8) is 0 Å². The fourth-order valence-electron chi connectivity index (χ4n) is 3.10. The van der Waals surface area contributed by atoms with Crippen LogP contribution < -0.4 is 20.7 Å². The highest BCUT2D eigenvalue weighted by Gasteiger charge is 2.18. The van der Waals surface area contributed by atoms with Gasteiger partial charge in [-0.15, -0.1) is 0 Å². The third-order valence-electron chi connectivity index (χ3n) is 4.58. The second-order valence-electron chi connectivity index (χ2n) is 6.77. The predicted molar refractivity (Wildman–Crippen MR) is 107 cm³/mol. The average Bonchev–Trinajstić information content (AvgIpc) is 3.21. The number of carbonyl (C=O) groups excluding carboxylic acids is 2. The Morgan fingerprint density at radius 2 is 1.82 bits per heavy atom. The first-order chi connectivity index (χ1) is 13.7. The van der Waals surface area contributed by atoms with Gasteiger partial charge < -0.3 is 20.7 Å². The number of hydrogen-bond donors (Lipinski definition) is 3. The van der Waals surface area contributed by atoms with Crippen LogP contribution in [0.1, 0.15) is 37.7 Å². The Balaban J connectivity index is 1.38. The fraction of sp³-hybridized carbons (Fsp3) is 0.381. The molecule has 1 aromatic carbocycles. The molecular weight excluding hydrogens is 356 g/mol. The lowest BCUT2D eigenvalue weighted by Crippen LogP contribution is -2.33. The maximum atomic E-state index is 12.1. The Labute approximate surface area is 164 Å². The zero-order valence-electron chi connectivity index (χ0n) is 15.8. The third kappa shape index (κ3) is 6.26. The van der Waals surface area contributed by atoms with Crippen molar-refractivity contribution < 1.29 is 14.3 Å². The molecule has 0 atom stereocenters. The number of rotatable bonds is 8. The van der Waals surface area contributed by atoms with E-state index in [0.29, 0.717) is 18.1 Å². The minimum absolute atomic E-state index is 0.143. The summed E-state index contributed by atoms with van der Waals surface area (Å²) in [5, 5.41) is 8.24. The summed E-state index contributed by atoms with van der Waals surface area (Å²) in [5.41, 5.74) is 1.56. The summed E-state index contributed by atoms with van der Waals surface area (Å²) in [6, 6.07) is 12.6. The largest absolute Gasteiger partial charge is 0.474 e. The molecule has 3 amide bonds. The van der Waals surface area contributed by atoms with E-state index in [4.69, 9.17) is 4.74 Å². The Bertz CT molecular complexity index is 776. The van der Waals surface area contributed by atoms with Crippen LogP contribution >= 0.6 is 0 Å². The smallest absolute Gasteiger partial charge is 0.319 e. The summed E-state index contributed by atoms with van der Waals surface area (Å²) in [6.45, 7) is 0.605. The molecule has 0 aliphatic heterocycles. The van der Waals surface area contributed by atoms with Crippen molar-refractivity contribution in [2.24, 2.45) is 0 Å². The Hall–Kier alpha value is -3.09. The lowest BCUT2D eigenvalue weighted by atomic mass is 10.2. The molecule has 28 heavy (non-hydrogen) atoms. The number of nitrogens with one attached hydrogen (secondary N) is 3. The van der Waals surface area contributed by atoms with Gasteiger partial charge in [0, 0.05) is 37.0 Å². The van der Waals surface area contributed by atoms with E-state index >= 15 is 0 Å². The van der Waals surface area contributed by atoms with Gasteiger partial charge in [0.1, 0.15) is 6.10 Å². The minimum Gasteiger partial charge on any atom is -0.474 e. The molecule has 0 saturated heterocycles. The van der Waals surface area contributed by atoms with Crippen LogP contribution in [0.25, 0.3) is 0 Å². The molecule has 7 heteroatoms. The van der Waals surface area contributed by atoms with Crippen molar-refractivity contribution in [3.8, 4) is 5.88 Å². The quantitative estimate of drug-likeness (QED) is 0.654. The van der Waals surface area contributed by atoms with Gasteiger partial charge in [-0.05, 0) is 43.9 Å². The van der Waals surface area contributed by atoms with Gasteiger partial charge in [0.15, 0.2) is 0 Å². The van der Waals surface area contributed by atoms with E-state index in [-0.39, 0.29) is 31.0 Å². The van der Waals surface area contributed by atoms with Crippen LogP contribution in [-0.2, 0) is 11.3 Å². The molecular formula is C21H26N4O3. The first-order valence-electron chi connectivity index (χ1n) is 9.68. The van der Waals surface area contributed by atoms with Crippen molar-refractivity contribution in [2.45, 2.75) is 44.8 Å². The molecule has 0 bridgehead atoms. The van der Waals surface area contributed by atoms with Crippen molar-refractivity contribution in [1.82, 2.24) is 15.6 Å². The predicted octanol–water partition coefficient (Wildman–Crippen LogP) is 3.23. The van der Waals surface area contributed by atoms with Gasteiger partial charge in [-0.25, -0.2) is 9.78 Å². The normalized spacial score (nSPS) is 13.7. The van der Waals surface area contributed by atoms with Crippen molar-refractivity contribution in [3.05, 3.63) is 54.2 Å². The standard InChI is InChI=1S/C21H26N4O3/c26-19(12-14-23-21(27)25-17-8-2-1-3-9-17)24-15-16-7-6-13-22-20(16)28-18-10-4-5-11-18/h1-3,6-9,13,18H,4-5,10-12,14-15H2,(H,24,26)(H2,23,25,27). The molecule has 1 aliphatic carbocycles. The zero-order valence-corrected chi connectivity index (χ0v) is 15.8. The molecule has 0 radical (unpaired) electrons. The maximum absolute atomic E-state index is 12.1. The van der Waals surface area contributed by atoms with Crippen molar-refractivity contribution >= 4 is 17.6 Å². The maximum Gasteiger partial charge on any atom is 0.319 e. The van der Waals surface area contributed by atoms with Crippen molar-refractivity contribution in [2.75, 3.05) is 11.9 Å². The molecule has 0 spiro atoms. The zero-order chi connectivity index (χ0) is 19.6. The Morgan fingerprint density at radius 1 is 1.04 bits per heavy atom. The summed E-state index contributed by atoms with van der Waals surface area (Å²) in [7, 11) is 0. The van der Waals surface area contributed by atoms with E-state index in [1.54, 1.807) is 18.3 Å². The molecule has 2 aromatic rings. The number of urea groups is 1. The molecule has 1 aliphatic rings. The number of pyridine rings is 1. The van der Waals surface area contributed by atoms with E-state index in [0.717, 1.165) is 18.4 Å². The number of nitrogens with zero attached hydrogens (tertiary/aromatic N) is 1. The van der Waals surface area contributed by atoms with Gasteiger partial charge >= 0.3 is 6.03 Å². The summed E-state index contributed by atoms with van der Waals surface area (Å²) in [6.07, 6.45) is 6.60. The number of ether oxygens (including phenoxy) is 1. The van der Waals surface area contributed by atoms with Crippen LogP contribution in [0, 0.1) is 0 Å². The number of carbonyl (C=O) groups is 2. The van der Waals surface area contributed by atoms with E-state index < -0.39 is 0 Å². The summed E-state index contributed by atoms with van der Waals surface area (Å²) < 4.78 is 5.98. The monoisotopic (exact) mass is 382 g/mol. The van der Waals surface area contributed by atoms with Gasteiger partial charge in [0.2, 0.25) is 11.8 Å². The molecule has 1 saturated carbocycles.